The molecule has 0 saturated heterocycles. The number of hydrogen-bond donors (Lipinski definition) is 2. The number of hydrogen-bond acceptors (Lipinski definition) is 3. The largest absolute Gasteiger partial charge is 0.480 e. The van der Waals surface area contributed by atoms with E-state index in [-0.39, 0.29) is 0 Å². The Kier molecular flexibility index (Phi) is 4.52. The Morgan fingerprint density at radius 1 is 1.28 bits per heavy atom. The molecule has 3 nitrogen and oxygen atoms in total. The van der Waals surface area contributed by atoms with Crippen molar-refractivity contribution in [2.45, 2.75) is 12.6 Å². The average Bonchev–Trinajstić information content (AvgIpc) is 2.77. The maximum absolute atomic E-state index is 11.3. The highest BCUT2D eigenvalue weighted by Gasteiger charge is 2.20. The molecular formula is C13H12BrNO2S. The summed E-state index contributed by atoms with van der Waals surface area (Å²) < 4.78 is 0.935. The number of halogens is 1. The first kappa shape index (κ1) is 13.3. The lowest BCUT2D eigenvalue weighted by Crippen LogP contribution is -2.27. The summed E-state index contributed by atoms with van der Waals surface area (Å²) in [6, 6.07) is 12.8. The molecule has 0 amide bonds. The van der Waals surface area contributed by atoms with E-state index in [9.17, 15) is 9.90 Å². The van der Waals surface area contributed by atoms with Gasteiger partial charge in [-0.05, 0) is 33.6 Å². The van der Waals surface area contributed by atoms with E-state index < -0.39 is 12.0 Å². The number of thiophene rings is 1. The van der Waals surface area contributed by atoms with E-state index in [0.717, 1.165) is 14.2 Å². The predicted octanol–water partition coefficient (Wildman–Crippen LogP) is 3.43. The van der Waals surface area contributed by atoms with E-state index in [2.05, 4.69) is 21.2 Å². The van der Waals surface area contributed by atoms with Gasteiger partial charge < -0.3 is 5.11 Å². The molecule has 0 bridgehead atoms. The third-order valence-electron chi connectivity index (χ3n) is 2.48. The van der Waals surface area contributed by atoms with Gasteiger partial charge in [-0.2, -0.15) is 0 Å². The third-order valence-corrected chi connectivity index (χ3v) is 4.17. The van der Waals surface area contributed by atoms with Gasteiger partial charge >= 0.3 is 5.97 Å². The molecule has 1 aromatic carbocycles. The summed E-state index contributed by atoms with van der Waals surface area (Å²) in [5, 5.41) is 12.3. The number of carboxylic acids is 1. The van der Waals surface area contributed by atoms with Gasteiger partial charge in [0.05, 0.1) is 3.79 Å². The molecule has 94 valence electrons. The minimum Gasteiger partial charge on any atom is -0.480 e. The zero-order valence-corrected chi connectivity index (χ0v) is 11.9. The van der Waals surface area contributed by atoms with E-state index in [1.807, 2.05) is 42.5 Å². The normalized spacial score (nSPS) is 12.3. The Hall–Kier alpha value is -1.17. The zero-order chi connectivity index (χ0) is 13.0. The molecule has 5 heteroatoms. The summed E-state index contributed by atoms with van der Waals surface area (Å²) in [6.07, 6.45) is 0. The Morgan fingerprint density at radius 2 is 2.00 bits per heavy atom. The van der Waals surface area contributed by atoms with Gasteiger partial charge in [0.2, 0.25) is 0 Å². The molecule has 0 radical (unpaired) electrons. The second-order valence-electron chi connectivity index (χ2n) is 3.78. The molecule has 1 aromatic heterocycles. The van der Waals surface area contributed by atoms with Crippen LogP contribution in [0.25, 0.3) is 0 Å². The molecule has 1 atom stereocenters. The van der Waals surface area contributed by atoms with Crippen LogP contribution in [-0.2, 0) is 11.3 Å². The fraction of sp³-hybridized carbons (Fsp3) is 0.154. The second-order valence-corrected chi connectivity index (χ2v) is 6.27. The van der Waals surface area contributed by atoms with E-state index in [1.54, 1.807) is 0 Å². The van der Waals surface area contributed by atoms with Crippen LogP contribution < -0.4 is 5.32 Å². The van der Waals surface area contributed by atoms with Crippen molar-refractivity contribution < 1.29 is 9.90 Å². The summed E-state index contributed by atoms with van der Waals surface area (Å²) in [5.74, 6) is -0.861. The topological polar surface area (TPSA) is 49.3 Å². The highest BCUT2D eigenvalue weighted by molar-refractivity contribution is 9.11. The number of carbonyl (C=O) groups is 1. The van der Waals surface area contributed by atoms with Crippen LogP contribution in [0.4, 0.5) is 0 Å². The first-order valence-electron chi connectivity index (χ1n) is 5.42. The van der Waals surface area contributed by atoms with Crippen molar-refractivity contribution in [2.75, 3.05) is 0 Å². The summed E-state index contributed by atoms with van der Waals surface area (Å²) in [5.41, 5.74) is 1.07. The number of nitrogens with one attached hydrogen (secondary N) is 1. The van der Waals surface area contributed by atoms with Gasteiger partial charge in [0.15, 0.2) is 0 Å². The highest BCUT2D eigenvalue weighted by atomic mass is 79.9. The minimum absolute atomic E-state index is 0.535. The average molecular weight is 326 g/mol. The van der Waals surface area contributed by atoms with Crippen LogP contribution in [-0.4, -0.2) is 11.1 Å². The van der Waals surface area contributed by atoms with E-state index in [0.29, 0.717) is 6.54 Å². The van der Waals surface area contributed by atoms with Gasteiger partial charge in [0.25, 0.3) is 0 Å². The first-order chi connectivity index (χ1) is 8.66. The maximum atomic E-state index is 11.3. The monoisotopic (exact) mass is 325 g/mol. The van der Waals surface area contributed by atoms with Crippen molar-refractivity contribution in [3.63, 3.8) is 0 Å². The fourth-order valence-electron chi connectivity index (χ4n) is 1.61. The van der Waals surface area contributed by atoms with Crippen molar-refractivity contribution in [1.29, 1.82) is 0 Å². The molecule has 2 N–H and O–H groups in total. The van der Waals surface area contributed by atoms with Crippen LogP contribution in [0.5, 0.6) is 0 Å². The van der Waals surface area contributed by atoms with Crippen LogP contribution in [0.2, 0.25) is 0 Å². The molecule has 1 unspecified atom stereocenters. The molecule has 0 aliphatic heterocycles. The van der Waals surface area contributed by atoms with Gasteiger partial charge in [-0.25, -0.2) is 0 Å². The molecule has 18 heavy (non-hydrogen) atoms. The van der Waals surface area contributed by atoms with Gasteiger partial charge in [-0.3, -0.25) is 10.1 Å². The summed E-state index contributed by atoms with van der Waals surface area (Å²) in [4.78, 5) is 12.1. The van der Waals surface area contributed by atoms with Crippen LogP contribution in [0.1, 0.15) is 16.5 Å². The maximum Gasteiger partial charge on any atom is 0.326 e. The SMILES string of the molecule is O=C(O)C(NCc1ccccc1)c1ccc(Br)s1. The standard InChI is InChI=1S/C13H12BrNO2S/c14-11-7-6-10(18-11)12(13(16)17)15-8-9-4-2-1-3-5-9/h1-7,12,15H,8H2,(H,16,17). The fourth-order valence-corrected chi connectivity index (χ4v) is 3.10. The van der Waals surface area contributed by atoms with Gasteiger partial charge in [0, 0.05) is 11.4 Å². The molecule has 0 aliphatic rings. The Bertz CT molecular complexity index is 527. The van der Waals surface area contributed by atoms with Gasteiger partial charge in [-0.1, -0.05) is 30.3 Å². The van der Waals surface area contributed by atoms with Crippen molar-refractivity contribution in [1.82, 2.24) is 5.32 Å². The van der Waals surface area contributed by atoms with Crippen molar-refractivity contribution in [3.05, 3.63) is 56.7 Å². The predicted molar refractivity (Wildman–Crippen MR) is 75.7 cm³/mol. The zero-order valence-electron chi connectivity index (χ0n) is 9.47. The molecule has 2 rings (SSSR count). The van der Waals surface area contributed by atoms with Crippen LogP contribution in [0.15, 0.2) is 46.3 Å². The summed E-state index contributed by atoms with van der Waals surface area (Å²) >= 11 is 4.78. The van der Waals surface area contributed by atoms with Crippen LogP contribution in [0.3, 0.4) is 0 Å². The number of rotatable bonds is 5. The summed E-state index contributed by atoms with van der Waals surface area (Å²) in [6.45, 7) is 0.535. The van der Waals surface area contributed by atoms with Gasteiger partial charge in [0.1, 0.15) is 6.04 Å². The second kappa shape index (κ2) is 6.13. The van der Waals surface area contributed by atoms with E-state index in [4.69, 9.17) is 0 Å². The number of carboxylic acid groups (broad SMARTS) is 1. The molecule has 0 aliphatic carbocycles. The van der Waals surface area contributed by atoms with Crippen LogP contribution in [0, 0.1) is 0 Å². The Balaban J connectivity index is 2.06. The number of aliphatic carboxylic acids is 1. The van der Waals surface area contributed by atoms with Gasteiger partial charge in [-0.15, -0.1) is 11.3 Å². The minimum atomic E-state index is -0.861. The molecule has 2 aromatic rings. The highest BCUT2D eigenvalue weighted by Crippen LogP contribution is 2.27. The first-order valence-corrected chi connectivity index (χ1v) is 7.03. The molecule has 0 spiro atoms. The third kappa shape index (κ3) is 3.41. The van der Waals surface area contributed by atoms with Crippen LogP contribution >= 0.6 is 27.3 Å². The molecule has 1 heterocycles. The Labute approximate surface area is 118 Å². The van der Waals surface area contributed by atoms with E-state index in [1.165, 1.54) is 11.3 Å². The lowest BCUT2D eigenvalue weighted by Gasteiger charge is -2.12. The van der Waals surface area contributed by atoms with Crippen molar-refractivity contribution in [2.24, 2.45) is 0 Å². The van der Waals surface area contributed by atoms with Crippen molar-refractivity contribution >= 4 is 33.2 Å². The smallest absolute Gasteiger partial charge is 0.326 e. The summed E-state index contributed by atoms with van der Waals surface area (Å²) in [7, 11) is 0. The van der Waals surface area contributed by atoms with Crippen molar-refractivity contribution in [3.8, 4) is 0 Å². The molecular weight excluding hydrogens is 314 g/mol. The van der Waals surface area contributed by atoms with E-state index >= 15 is 0 Å². The quantitative estimate of drug-likeness (QED) is 0.885. The number of benzene rings is 1. The lowest BCUT2D eigenvalue weighted by atomic mass is 10.2. The lowest BCUT2D eigenvalue weighted by molar-refractivity contribution is -0.139. The molecule has 0 fully saturated rings. The Morgan fingerprint density at radius 3 is 2.56 bits per heavy atom. The molecule has 0 saturated carbocycles.